The van der Waals surface area contributed by atoms with E-state index in [1.807, 2.05) is 0 Å². The van der Waals surface area contributed by atoms with Gasteiger partial charge in [-0.1, -0.05) is 121 Å². The largest absolute Gasteiger partial charge is 0.0724 e. The van der Waals surface area contributed by atoms with Crippen LogP contribution >= 0.6 is 15.9 Å². The molecular weight excluding hydrogens is 428 g/mol. The lowest BCUT2D eigenvalue weighted by atomic mass is 9.67. The molecule has 0 unspecified atom stereocenters. The summed E-state index contributed by atoms with van der Waals surface area (Å²) in [5.74, 6) is 0.654. The van der Waals surface area contributed by atoms with Crippen LogP contribution in [0.2, 0.25) is 0 Å². The van der Waals surface area contributed by atoms with Crippen molar-refractivity contribution in [2.45, 2.75) is 25.7 Å². The summed E-state index contributed by atoms with van der Waals surface area (Å²) in [6, 6.07) is 35.8. The summed E-state index contributed by atoms with van der Waals surface area (Å²) in [5, 5.41) is 0. The first-order valence-corrected chi connectivity index (χ1v) is 11.5. The molecule has 0 atom stereocenters. The molecule has 0 heterocycles. The number of benzene rings is 4. The minimum atomic E-state index is -0.330. The van der Waals surface area contributed by atoms with Crippen LogP contribution in [0.3, 0.4) is 0 Å². The highest BCUT2D eigenvalue weighted by Crippen LogP contribution is 2.57. The lowest BCUT2D eigenvalue weighted by molar-refractivity contribution is 0.646. The zero-order chi connectivity index (χ0) is 20.7. The molecule has 0 fully saturated rings. The minimum absolute atomic E-state index is 0.330. The van der Waals surface area contributed by atoms with Crippen molar-refractivity contribution in [1.29, 1.82) is 0 Å². The van der Waals surface area contributed by atoms with Gasteiger partial charge in [0, 0.05) is 4.47 Å². The van der Waals surface area contributed by atoms with E-state index >= 15 is 0 Å². The van der Waals surface area contributed by atoms with E-state index in [2.05, 4.69) is 127 Å². The van der Waals surface area contributed by atoms with E-state index in [1.165, 1.54) is 38.9 Å². The fraction of sp³-hybridized carbons (Fsp3) is 0.172. The maximum atomic E-state index is 3.89. The summed E-state index contributed by atoms with van der Waals surface area (Å²) in [4.78, 5) is 0. The molecule has 0 bridgehead atoms. The molecule has 0 saturated carbocycles. The Kier molecular flexibility index (Phi) is 4.87. The van der Waals surface area contributed by atoms with E-state index in [9.17, 15) is 0 Å². The SMILES string of the molecule is CC(C)Cc1ccc(C2(c3ccccc3Br)c3ccccc3-c3ccccc32)cc1. The van der Waals surface area contributed by atoms with E-state index in [1.54, 1.807) is 0 Å². The Morgan fingerprint density at radius 2 is 1.13 bits per heavy atom. The smallest absolute Gasteiger partial charge is 0.0625 e. The Balaban J connectivity index is 1.85. The lowest BCUT2D eigenvalue weighted by Gasteiger charge is -2.34. The summed E-state index contributed by atoms with van der Waals surface area (Å²) >= 11 is 3.89. The van der Waals surface area contributed by atoms with Crippen molar-refractivity contribution in [1.82, 2.24) is 0 Å². The quantitative estimate of drug-likeness (QED) is 0.259. The lowest BCUT2D eigenvalue weighted by Crippen LogP contribution is -2.29. The molecular formula is C29H25Br. The average molecular weight is 453 g/mol. The molecule has 30 heavy (non-hydrogen) atoms. The fourth-order valence-electron chi connectivity index (χ4n) is 5.12. The van der Waals surface area contributed by atoms with Gasteiger partial charge in [0.05, 0.1) is 5.41 Å². The van der Waals surface area contributed by atoms with Crippen LogP contribution in [-0.2, 0) is 11.8 Å². The Bertz CT molecular complexity index is 1160. The highest BCUT2D eigenvalue weighted by molar-refractivity contribution is 9.10. The van der Waals surface area contributed by atoms with Gasteiger partial charge in [-0.3, -0.25) is 0 Å². The topological polar surface area (TPSA) is 0 Å². The second-order valence-electron chi connectivity index (χ2n) is 8.62. The van der Waals surface area contributed by atoms with Crippen LogP contribution in [0.5, 0.6) is 0 Å². The van der Waals surface area contributed by atoms with Crippen molar-refractivity contribution >= 4 is 15.9 Å². The highest BCUT2D eigenvalue weighted by Gasteiger charge is 2.46. The monoisotopic (exact) mass is 452 g/mol. The van der Waals surface area contributed by atoms with Gasteiger partial charge < -0.3 is 0 Å². The van der Waals surface area contributed by atoms with Crippen molar-refractivity contribution in [2.75, 3.05) is 0 Å². The zero-order valence-corrected chi connectivity index (χ0v) is 19.0. The Labute approximate surface area is 187 Å². The van der Waals surface area contributed by atoms with Gasteiger partial charge in [0.2, 0.25) is 0 Å². The third-order valence-corrected chi connectivity index (χ3v) is 6.95. The van der Waals surface area contributed by atoms with Crippen molar-refractivity contribution in [2.24, 2.45) is 5.92 Å². The third kappa shape index (κ3) is 2.87. The predicted octanol–water partition coefficient (Wildman–Crippen LogP) is 8.01. The van der Waals surface area contributed by atoms with Crippen molar-refractivity contribution in [3.05, 3.63) is 129 Å². The predicted molar refractivity (Wildman–Crippen MR) is 130 cm³/mol. The number of rotatable bonds is 4. The average Bonchev–Trinajstić information content (AvgIpc) is 3.06. The summed E-state index contributed by atoms with van der Waals surface area (Å²) in [6.45, 7) is 4.56. The molecule has 1 heteroatoms. The third-order valence-electron chi connectivity index (χ3n) is 6.26. The molecule has 0 nitrogen and oxygen atoms in total. The second kappa shape index (κ2) is 7.56. The van der Waals surface area contributed by atoms with E-state index in [-0.39, 0.29) is 5.41 Å². The molecule has 0 N–H and O–H groups in total. The normalized spacial score (nSPS) is 13.9. The van der Waals surface area contributed by atoms with Crippen LogP contribution in [0.25, 0.3) is 11.1 Å². The summed E-state index contributed by atoms with van der Waals surface area (Å²) in [6.07, 6.45) is 1.11. The summed E-state index contributed by atoms with van der Waals surface area (Å²) in [7, 11) is 0. The molecule has 4 aromatic rings. The van der Waals surface area contributed by atoms with Gasteiger partial charge in [-0.2, -0.15) is 0 Å². The van der Waals surface area contributed by atoms with Crippen LogP contribution in [0, 0.1) is 5.92 Å². The molecule has 1 aliphatic carbocycles. The number of hydrogen-bond acceptors (Lipinski definition) is 0. The van der Waals surface area contributed by atoms with Crippen LogP contribution < -0.4 is 0 Å². The van der Waals surface area contributed by atoms with Gasteiger partial charge in [0.1, 0.15) is 0 Å². The van der Waals surface area contributed by atoms with E-state index in [4.69, 9.17) is 0 Å². The van der Waals surface area contributed by atoms with Crippen molar-refractivity contribution in [3.8, 4) is 11.1 Å². The van der Waals surface area contributed by atoms with Crippen molar-refractivity contribution in [3.63, 3.8) is 0 Å². The first-order valence-electron chi connectivity index (χ1n) is 10.7. The van der Waals surface area contributed by atoms with Crippen LogP contribution in [0.1, 0.15) is 41.7 Å². The van der Waals surface area contributed by atoms with Gasteiger partial charge >= 0.3 is 0 Å². The first-order chi connectivity index (χ1) is 14.6. The first kappa shape index (κ1) is 19.3. The minimum Gasteiger partial charge on any atom is -0.0625 e. The van der Waals surface area contributed by atoms with E-state index in [0.717, 1.165) is 10.9 Å². The Morgan fingerprint density at radius 3 is 1.67 bits per heavy atom. The molecule has 0 saturated heterocycles. The van der Waals surface area contributed by atoms with Gasteiger partial charge in [-0.15, -0.1) is 0 Å². The Morgan fingerprint density at radius 1 is 0.633 bits per heavy atom. The molecule has 148 valence electrons. The summed E-state index contributed by atoms with van der Waals surface area (Å²) < 4.78 is 1.14. The highest BCUT2D eigenvalue weighted by atomic mass is 79.9. The van der Waals surface area contributed by atoms with Crippen molar-refractivity contribution < 1.29 is 0 Å². The standard InChI is InChI=1S/C29H25Br/c1-20(2)19-21-15-17-22(18-16-21)29(27-13-7-8-14-28(27)30)25-11-5-3-9-23(25)24-10-4-6-12-26(24)29/h3-18,20H,19H2,1-2H3. The Hall–Kier alpha value is -2.64. The zero-order valence-electron chi connectivity index (χ0n) is 17.4. The number of hydrogen-bond donors (Lipinski definition) is 0. The molecule has 0 aromatic heterocycles. The molecule has 5 rings (SSSR count). The van der Waals surface area contributed by atoms with Gasteiger partial charge in [-0.05, 0) is 57.3 Å². The van der Waals surface area contributed by atoms with E-state index in [0.29, 0.717) is 5.92 Å². The van der Waals surface area contributed by atoms with Crippen LogP contribution in [-0.4, -0.2) is 0 Å². The molecule has 4 aromatic carbocycles. The van der Waals surface area contributed by atoms with Crippen LogP contribution in [0.4, 0.5) is 0 Å². The number of halogens is 1. The molecule has 1 aliphatic rings. The van der Waals surface area contributed by atoms with Gasteiger partial charge in [0.15, 0.2) is 0 Å². The second-order valence-corrected chi connectivity index (χ2v) is 9.47. The number of fused-ring (bicyclic) bond motifs is 3. The summed E-state index contributed by atoms with van der Waals surface area (Å²) in [5.41, 5.74) is 9.05. The maximum Gasteiger partial charge on any atom is 0.0724 e. The van der Waals surface area contributed by atoms with Gasteiger partial charge in [0.25, 0.3) is 0 Å². The maximum absolute atomic E-state index is 3.89. The van der Waals surface area contributed by atoms with E-state index < -0.39 is 0 Å². The molecule has 0 amide bonds. The van der Waals surface area contributed by atoms with Gasteiger partial charge in [-0.25, -0.2) is 0 Å². The molecule has 0 radical (unpaired) electrons. The molecule has 0 spiro atoms. The van der Waals surface area contributed by atoms with Crippen LogP contribution in [0.15, 0.2) is 102 Å². The molecule has 0 aliphatic heterocycles. The fourth-order valence-corrected chi connectivity index (χ4v) is 5.70.